The van der Waals surface area contributed by atoms with Gasteiger partial charge in [0.25, 0.3) is 11.8 Å². The van der Waals surface area contributed by atoms with Crippen LogP contribution in [0.1, 0.15) is 31.8 Å². The lowest BCUT2D eigenvalue weighted by Gasteiger charge is -2.10. The van der Waals surface area contributed by atoms with Gasteiger partial charge in [0.15, 0.2) is 0 Å². The number of rotatable bonds is 6. The van der Waals surface area contributed by atoms with E-state index in [1.807, 2.05) is 60.7 Å². The van der Waals surface area contributed by atoms with E-state index in [0.717, 1.165) is 59.7 Å². The van der Waals surface area contributed by atoms with Crippen LogP contribution < -0.4 is 21.3 Å². The monoisotopic (exact) mass is 574 g/mol. The highest BCUT2D eigenvalue weighted by molar-refractivity contribution is 6.10. The number of aliphatic imine (C=N–C) groups is 2. The fourth-order valence-electron chi connectivity index (χ4n) is 4.61. The molecule has 0 saturated carbocycles. The standard InChI is InChI=1S/C30H26N6O2.2ClH/c37-29(35-25-5-1-3-20(17-25)27-31-11-12-32-27)22-9-7-19-8-10-23(16-24(19)15-22)30(38)36-26-6-2-4-21(18-26)28-33-13-14-34-28;;/h1-10,15-18H,11-14H2,(H,31,32)(H,33,34)(H,35,37)(H,36,38);2*1H. The zero-order valence-electron chi connectivity index (χ0n) is 21.4. The molecule has 4 aromatic rings. The van der Waals surface area contributed by atoms with Crippen LogP contribution in [0.3, 0.4) is 0 Å². The first-order valence-electron chi connectivity index (χ1n) is 12.6. The molecular formula is C30H28Cl2N6O2. The summed E-state index contributed by atoms with van der Waals surface area (Å²) in [6.45, 7) is 3.15. The Morgan fingerprint density at radius 2 is 1.07 bits per heavy atom. The summed E-state index contributed by atoms with van der Waals surface area (Å²) in [6, 6.07) is 26.2. The number of fused-ring (bicyclic) bond motifs is 1. The first kappa shape index (κ1) is 28.6. The van der Waals surface area contributed by atoms with Gasteiger partial charge in [0.2, 0.25) is 0 Å². The Kier molecular flexibility index (Phi) is 9.04. The van der Waals surface area contributed by atoms with Gasteiger partial charge in [-0.15, -0.1) is 24.8 Å². The quantitative estimate of drug-likeness (QED) is 0.263. The average Bonchev–Trinajstić information content (AvgIpc) is 3.68. The van der Waals surface area contributed by atoms with E-state index in [-0.39, 0.29) is 36.6 Å². The summed E-state index contributed by atoms with van der Waals surface area (Å²) >= 11 is 0. The molecule has 0 atom stereocenters. The van der Waals surface area contributed by atoms with Crippen molar-refractivity contribution >= 4 is 70.4 Å². The number of amidine groups is 2. The van der Waals surface area contributed by atoms with Crippen LogP contribution in [0, 0.1) is 0 Å². The zero-order chi connectivity index (χ0) is 25.9. The minimum absolute atomic E-state index is 0. The van der Waals surface area contributed by atoms with E-state index in [0.29, 0.717) is 22.5 Å². The Balaban J connectivity index is 0.00000185. The number of amides is 2. The molecule has 2 aliphatic rings. The molecule has 0 aliphatic carbocycles. The minimum Gasteiger partial charge on any atom is -0.368 e. The summed E-state index contributed by atoms with van der Waals surface area (Å²) in [4.78, 5) is 35.0. The molecule has 4 N–H and O–H groups in total. The van der Waals surface area contributed by atoms with Gasteiger partial charge in [-0.25, -0.2) is 0 Å². The van der Waals surface area contributed by atoms with E-state index in [1.165, 1.54) is 0 Å². The maximum absolute atomic E-state index is 13.0. The molecule has 0 fully saturated rings. The zero-order valence-corrected chi connectivity index (χ0v) is 23.1. The number of halogens is 2. The highest BCUT2D eigenvalue weighted by atomic mass is 35.5. The van der Waals surface area contributed by atoms with Crippen molar-refractivity contribution in [3.8, 4) is 0 Å². The topological polar surface area (TPSA) is 107 Å². The molecule has 2 heterocycles. The van der Waals surface area contributed by atoms with Gasteiger partial charge in [-0.2, -0.15) is 0 Å². The van der Waals surface area contributed by atoms with Gasteiger partial charge >= 0.3 is 0 Å². The normalized spacial score (nSPS) is 13.6. The third kappa shape index (κ3) is 6.25. The molecule has 10 heteroatoms. The van der Waals surface area contributed by atoms with Crippen molar-refractivity contribution in [3.63, 3.8) is 0 Å². The predicted molar refractivity (Wildman–Crippen MR) is 166 cm³/mol. The van der Waals surface area contributed by atoms with Crippen molar-refractivity contribution in [2.24, 2.45) is 9.98 Å². The van der Waals surface area contributed by atoms with E-state index >= 15 is 0 Å². The average molecular weight is 576 g/mol. The lowest BCUT2D eigenvalue weighted by Crippen LogP contribution is -2.20. The summed E-state index contributed by atoms with van der Waals surface area (Å²) < 4.78 is 0. The molecular weight excluding hydrogens is 547 g/mol. The molecule has 4 aromatic carbocycles. The molecule has 0 unspecified atom stereocenters. The van der Waals surface area contributed by atoms with Gasteiger partial charge < -0.3 is 21.3 Å². The molecule has 0 spiro atoms. The number of hydrogen-bond donors (Lipinski definition) is 4. The maximum atomic E-state index is 13.0. The van der Waals surface area contributed by atoms with Crippen molar-refractivity contribution in [1.82, 2.24) is 10.6 Å². The number of nitrogens with one attached hydrogen (secondary N) is 4. The third-order valence-corrected chi connectivity index (χ3v) is 6.50. The Morgan fingerprint density at radius 1 is 0.600 bits per heavy atom. The van der Waals surface area contributed by atoms with Crippen LogP contribution in [-0.4, -0.2) is 49.7 Å². The van der Waals surface area contributed by atoms with Crippen LogP contribution in [-0.2, 0) is 0 Å². The Hall–Kier alpha value is -4.40. The molecule has 40 heavy (non-hydrogen) atoms. The molecule has 2 aliphatic heterocycles. The number of benzene rings is 4. The lowest BCUT2D eigenvalue weighted by atomic mass is 10.0. The van der Waals surface area contributed by atoms with Gasteiger partial charge in [0, 0.05) is 46.7 Å². The van der Waals surface area contributed by atoms with Crippen molar-refractivity contribution < 1.29 is 9.59 Å². The number of nitrogens with zero attached hydrogens (tertiary/aromatic N) is 2. The van der Waals surface area contributed by atoms with Gasteiger partial charge in [-0.1, -0.05) is 36.4 Å². The lowest BCUT2D eigenvalue weighted by molar-refractivity contribution is 0.101. The Bertz CT molecular complexity index is 1520. The van der Waals surface area contributed by atoms with E-state index in [9.17, 15) is 9.59 Å². The number of carbonyl (C=O) groups is 2. The maximum Gasteiger partial charge on any atom is 0.255 e. The van der Waals surface area contributed by atoms with Crippen LogP contribution in [0.2, 0.25) is 0 Å². The smallest absolute Gasteiger partial charge is 0.255 e. The highest BCUT2D eigenvalue weighted by Gasteiger charge is 2.13. The van der Waals surface area contributed by atoms with E-state index in [1.54, 1.807) is 24.3 Å². The van der Waals surface area contributed by atoms with Crippen LogP contribution in [0.25, 0.3) is 10.8 Å². The third-order valence-electron chi connectivity index (χ3n) is 6.50. The van der Waals surface area contributed by atoms with Crippen LogP contribution in [0.4, 0.5) is 11.4 Å². The molecule has 0 saturated heterocycles. The van der Waals surface area contributed by atoms with E-state index < -0.39 is 0 Å². The summed E-state index contributed by atoms with van der Waals surface area (Å²) in [5.74, 6) is 1.24. The molecule has 0 radical (unpaired) electrons. The molecule has 204 valence electrons. The van der Waals surface area contributed by atoms with Crippen LogP contribution in [0.15, 0.2) is 94.9 Å². The predicted octanol–water partition coefficient (Wildman–Crippen LogP) is 4.89. The first-order chi connectivity index (χ1) is 18.6. The SMILES string of the molecule is Cl.Cl.O=C(Nc1cccc(C2=NCCN2)c1)c1ccc2ccc(C(=O)Nc3cccc(C4=NCCN4)c3)cc2c1. The minimum atomic E-state index is -0.222. The van der Waals surface area contributed by atoms with Gasteiger partial charge in [0.1, 0.15) is 11.7 Å². The summed E-state index contributed by atoms with van der Waals surface area (Å²) in [5, 5.41) is 14.2. The van der Waals surface area contributed by atoms with E-state index in [2.05, 4.69) is 31.3 Å². The van der Waals surface area contributed by atoms with Gasteiger partial charge in [-0.05, 0) is 59.3 Å². The second-order valence-electron chi connectivity index (χ2n) is 9.16. The first-order valence-corrected chi connectivity index (χ1v) is 12.6. The Labute approximate surface area is 244 Å². The van der Waals surface area contributed by atoms with Crippen molar-refractivity contribution in [1.29, 1.82) is 0 Å². The molecule has 0 bridgehead atoms. The number of carbonyl (C=O) groups excluding carboxylic acids is 2. The summed E-state index contributed by atoms with van der Waals surface area (Å²) in [7, 11) is 0. The fourth-order valence-corrected chi connectivity index (χ4v) is 4.61. The number of anilines is 2. The Morgan fingerprint density at radius 3 is 1.50 bits per heavy atom. The van der Waals surface area contributed by atoms with Gasteiger partial charge in [-0.3, -0.25) is 19.6 Å². The number of hydrogen-bond acceptors (Lipinski definition) is 6. The molecule has 0 aromatic heterocycles. The highest BCUT2D eigenvalue weighted by Crippen LogP contribution is 2.21. The van der Waals surface area contributed by atoms with Crippen molar-refractivity contribution in [3.05, 3.63) is 107 Å². The van der Waals surface area contributed by atoms with E-state index in [4.69, 9.17) is 0 Å². The summed E-state index contributed by atoms with van der Waals surface area (Å²) in [5.41, 5.74) is 4.28. The summed E-state index contributed by atoms with van der Waals surface area (Å²) in [6.07, 6.45) is 0. The second-order valence-corrected chi connectivity index (χ2v) is 9.16. The van der Waals surface area contributed by atoms with Crippen LogP contribution >= 0.6 is 24.8 Å². The van der Waals surface area contributed by atoms with Crippen molar-refractivity contribution in [2.75, 3.05) is 36.8 Å². The van der Waals surface area contributed by atoms with Crippen LogP contribution in [0.5, 0.6) is 0 Å². The molecule has 6 rings (SSSR count). The fraction of sp³-hybridized carbons (Fsp3) is 0.133. The second kappa shape index (κ2) is 12.6. The van der Waals surface area contributed by atoms with Gasteiger partial charge in [0.05, 0.1) is 13.1 Å². The largest absolute Gasteiger partial charge is 0.368 e. The molecule has 8 nitrogen and oxygen atoms in total. The van der Waals surface area contributed by atoms with Crippen molar-refractivity contribution in [2.45, 2.75) is 0 Å². The molecule has 2 amide bonds.